The lowest BCUT2D eigenvalue weighted by Crippen LogP contribution is -2.53. The van der Waals surface area contributed by atoms with Crippen LogP contribution in [0.15, 0.2) is 77.7 Å². The first kappa shape index (κ1) is 29.9. The Bertz CT molecular complexity index is 1400. The smallest absolute Gasteiger partial charge is 0.264 e. The second kappa shape index (κ2) is 12.9. The van der Waals surface area contributed by atoms with Crippen LogP contribution in [0.1, 0.15) is 49.4 Å². The number of hydrogen-bond acceptors (Lipinski definition) is 4. The molecule has 0 aliphatic heterocycles. The Morgan fingerprint density at radius 2 is 1.51 bits per heavy atom. The maximum atomic E-state index is 14.1. The molecular formula is C31H39N3O4S. The molecule has 0 unspecified atom stereocenters. The molecule has 208 valence electrons. The monoisotopic (exact) mass is 549 g/mol. The van der Waals surface area contributed by atoms with E-state index in [1.54, 1.807) is 24.3 Å². The standard InChI is InChI=1S/C31H39N3O4S/c1-7-28(31(36)32-22(2)3)33(20-26-14-12-11-13-24(26)5)30(35)21-34(29-19-23(4)17-18-25(29)6)39(37,38)27-15-9-8-10-16-27/h8-19,22,28H,7,20-21H2,1-6H3,(H,32,36)/t28-/m1/s1. The minimum Gasteiger partial charge on any atom is -0.352 e. The Labute approximate surface area is 232 Å². The summed E-state index contributed by atoms with van der Waals surface area (Å²) in [5.41, 5.74) is 3.91. The lowest BCUT2D eigenvalue weighted by Gasteiger charge is -2.34. The van der Waals surface area contributed by atoms with Gasteiger partial charge in [0.2, 0.25) is 11.8 Å². The molecule has 39 heavy (non-hydrogen) atoms. The highest BCUT2D eigenvalue weighted by Gasteiger charge is 2.34. The Hall–Kier alpha value is -3.65. The Balaban J connectivity index is 2.11. The van der Waals surface area contributed by atoms with Crippen molar-refractivity contribution in [1.29, 1.82) is 0 Å². The summed E-state index contributed by atoms with van der Waals surface area (Å²) in [6.07, 6.45) is 0.380. The molecule has 7 nitrogen and oxygen atoms in total. The summed E-state index contributed by atoms with van der Waals surface area (Å²) in [5.74, 6) is -0.719. The fourth-order valence-electron chi connectivity index (χ4n) is 4.49. The molecule has 0 saturated heterocycles. The Morgan fingerprint density at radius 3 is 2.13 bits per heavy atom. The average Bonchev–Trinajstić information content (AvgIpc) is 2.89. The maximum absolute atomic E-state index is 14.1. The van der Waals surface area contributed by atoms with Gasteiger partial charge in [-0.1, -0.05) is 61.5 Å². The van der Waals surface area contributed by atoms with Gasteiger partial charge in [0.25, 0.3) is 10.0 Å². The molecular weight excluding hydrogens is 510 g/mol. The van der Waals surface area contributed by atoms with Crippen LogP contribution < -0.4 is 9.62 Å². The number of nitrogens with one attached hydrogen (secondary N) is 1. The fourth-order valence-corrected chi connectivity index (χ4v) is 5.98. The van der Waals surface area contributed by atoms with Gasteiger partial charge >= 0.3 is 0 Å². The SMILES string of the molecule is CC[C@H](C(=O)NC(C)C)N(Cc1ccccc1C)C(=O)CN(c1cc(C)ccc1C)S(=O)(=O)c1ccccc1. The van der Waals surface area contributed by atoms with E-state index in [2.05, 4.69) is 5.32 Å². The third-order valence-corrected chi connectivity index (χ3v) is 8.44. The average molecular weight is 550 g/mol. The molecule has 1 N–H and O–H groups in total. The largest absolute Gasteiger partial charge is 0.352 e. The van der Waals surface area contributed by atoms with Crippen molar-refractivity contribution in [3.8, 4) is 0 Å². The van der Waals surface area contributed by atoms with Gasteiger partial charge in [-0.3, -0.25) is 13.9 Å². The van der Waals surface area contributed by atoms with Crippen molar-refractivity contribution in [3.63, 3.8) is 0 Å². The highest BCUT2D eigenvalue weighted by molar-refractivity contribution is 7.92. The van der Waals surface area contributed by atoms with E-state index >= 15 is 0 Å². The quantitative estimate of drug-likeness (QED) is 0.359. The first-order valence-corrected chi connectivity index (χ1v) is 14.7. The highest BCUT2D eigenvalue weighted by Crippen LogP contribution is 2.28. The van der Waals surface area contributed by atoms with E-state index in [0.717, 1.165) is 22.3 Å². The number of amides is 2. The summed E-state index contributed by atoms with van der Waals surface area (Å²) < 4.78 is 29.1. The molecule has 3 aromatic rings. The molecule has 3 rings (SSSR count). The zero-order valence-electron chi connectivity index (χ0n) is 23.6. The predicted octanol–water partition coefficient (Wildman–Crippen LogP) is 5.14. The summed E-state index contributed by atoms with van der Waals surface area (Å²) in [7, 11) is -4.09. The molecule has 0 aliphatic rings. The van der Waals surface area contributed by atoms with Crippen molar-refractivity contribution in [1.82, 2.24) is 10.2 Å². The summed E-state index contributed by atoms with van der Waals surface area (Å²) in [6, 6.07) is 20.4. The third-order valence-electron chi connectivity index (χ3n) is 6.66. The van der Waals surface area contributed by atoms with Crippen LogP contribution in [-0.4, -0.2) is 43.8 Å². The van der Waals surface area contributed by atoms with Crippen LogP contribution in [0.5, 0.6) is 0 Å². The number of aryl methyl sites for hydroxylation is 3. The van der Waals surface area contributed by atoms with Gasteiger partial charge < -0.3 is 10.2 Å². The lowest BCUT2D eigenvalue weighted by atomic mass is 10.1. The lowest BCUT2D eigenvalue weighted by molar-refractivity contribution is -0.140. The molecule has 0 saturated carbocycles. The fraction of sp³-hybridized carbons (Fsp3) is 0.355. The Kier molecular flexibility index (Phi) is 9.92. The summed E-state index contributed by atoms with van der Waals surface area (Å²) in [5, 5.41) is 2.92. The van der Waals surface area contributed by atoms with E-state index < -0.39 is 28.5 Å². The minimum atomic E-state index is -4.09. The first-order valence-electron chi connectivity index (χ1n) is 13.2. The first-order chi connectivity index (χ1) is 18.4. The van der Waals surface area contributed by atoms with Crippen LogP contribution in [0.25, 0.3) is 0 Å². The second-order valence-corrected chi connectivity index (χ2v) is 12.0. The normalized spacial score (nSPS) is 12.2. The third kappa shape index (κ3) is 7.26. The minimum absolute atomic E-state index is 0.0914. The van der Waals surface area contributed by atoms with Crippen molar-refractivity contribution >= 4 is 27.5 Å². The van der Waals surface area contributed by atoms with Crippen molar-refractivity contribution in [2.45, 2.75) is 71.5 Å². The number of rotatable bonds is 11. The van der Waals surface area contributed by atoms with Crippen LogP contribution in [-0.2, 0) is 26.2 Å². The number of benzene rings is 3. The maximum Gasteiger partial charge on any atom is 0.264 e. The molecule has 1 atom stereocenters. The van der Waals surface area contributed by atoms with Crippen LogP contribution >= 0.6 is 0 Å². The highest BCUT2D eigenvalue weighted by atomic mass is 32.2. The van der Waals surface area contributed by atoms with Crippen molar-refractivity contribution < 1.29 is 18.0 Å². The van der Waals surface area contributed by atoms with Crippen LogP contribution in [0.2, 0.25) is 0 Å². The van der Waals surface area contributed by atoms with E-state index in [4.69, 9.17) is 0 Å². The number of nitrogens with zero attached hydrogens (tertiary/aromatic N) is 2. The number of hydrogen-bond donors (Lipinski definition) is 1. The zero-order chi connectivity index (χ0) is 28.7. The Morgan fingerprint density at radius 1 is 0.872 bits per heavy atom. The summed E-state index contributed by atoms with van der Waals surface area (Å²) >= 11 is 0. The zero-order valence-corrected chi connectivity index (χ0v) is 24.5. The van der Waals surface area contributed by atoms with Crippen LogP contribution in [0.3, 0.4) is 0 Å². The van der Waals surface area contributed by atoms with Crippen molar-refractivity contribution in [2.75, 3.05) is 10.8 Å². The number of carbonyl (C=O) groups excluding carboxylic acids is 2. The summed E-state index contributed by atoms with van der Waals surface area (Å²) in [6.45, 7) is 11.0. The number of sulfonamides is 1. The topological polar surface area (TPSA) is 86.8 Å². The van der Waals surface area contributed by atoms with Gasteiger partial charge in [-0.05, 0) is 81.5 Å². The predicted molar refractivity (Wildman–Crippen MR) is 156 cm³/mol. The van der Waals surface area contributed by atoms with E-state index in [1.165, 1.54) is 21.3 Å². The molecule has 2 amide bonds. The second-order valence-electron chi connectivity index (χ2n) is 10.2. The molecule has 0 heterocycles. The van der Waals surface area contributed by atoms with Crippen LogP contribution in [0.4, 0.5) is 5.69 Å². The molecule has 3 aromatic carbocycles. The van der Waals surface area contributed by atoms with Crippen LogP contribution in [0, 0.1) is 20.8 Å². The van der Waals surface area contributed by atoms with Gasteiger partial charge in [0.05, 0.1) is 10.6 Å². The van der Waals surface area contributed by atoms with Crippen molar-refractivity contribution in [2.24, 2.45) is 0 Å². The molecule has 0 aromatic heterocycles. The van der Waals surface area contributed by atoms with Gasteiger partial charge in [0, 0.05) is 12.6 Å². The van der Waals surface area contributed by atoms with Gasteiger partial charge in [0.15, 0.2) is 0 Å². The molecule has 0 bridgehead atoms. The molecule has 8 heteroatoms. The number of carbonyl (C=O) groups is 2. The van der Waals surface area contributed by atoms with Gasteiger partial charge in [0.1, 0.15) is 12.6 Å². The molecule has 0 radical (unpaired) electrons. The molecule has 0 aliphatic carbocycles. The van der Waals surface area contributed by atoms with E-state index in [9.17, 15) is 18.0 Å². The summed E-state index contributed by atoms with van der Waals surface area (Å²) in [4.78, 5) is 29.0. The van der Waals surface area contributed by atoms with E-state index in [0.29, 0.717) is 12.1 Å². The van der Waals surface area contributed by atoms with E-state index in [-0.39, 0.29) is 23.4 Å². The number of anilines is 1. The van der Waals surface area contributed by atoms with Gasteiger partial charge in [-0.15, -0.1) is 0 Å². The van der Waals surface area contributed by atoms with Gasteiger partial charge in [-0.25, -0.2) is 8.42 Å². The van der Waals surface area contributed by atoms with Crippen molar-refractivity contribution in [3.05, 3.63) is 95.1 Å². The van der Waals surface area contributed by atoms with E-state index in [1.807, 2.05) is 77.9 Å². The van der Waals surface area contributed by atoms with Gasteiger partial charge in [-0.2, -0.15) is 0 Å². The molecule has 0 spiro atoms. The molecule has 0 fully saturated rings.